The van der Waals surface area contributed by atoms with Crippen LogP contribution in [-0.4, -0.2) is 31.0 Å². The Morgan fingerprint density at radius 1 is 1.56 bits per heavy atom. The van der Waals surface area contributed by atoms with E-state index >= 15 is 0 Å². The number of carbonyl (C=O) groups excluding carboxylic acids is 1. The molecule has 0 radical (unpaired) electrons. The Kier molecular flexibility index (Phi) is 3.97. The molecule has 0 bridgehead atoms. The summed E-state index contributed by atoms with van der Waals surface area (Å²) in [5.41, 5.74) is 2.83. The molecule has 0 aliphatic carbocycles. The summed E-state index contributed by atoms with van der Waals surface area (Å²) >= 11 is 0. The number of aryl methyl sites for hydroxylation is 1. The Labute approximate surface area is 108 Å². The SMILES string of the molecule is COc1c(C)cnc(CC(=O)C2CCNC2)c1C. The molecule has 1 aromatic heterocycles. The maximum absolute atomic E-state index is 12.1. The Bertz CT molecular complexity index is 451. The Balaban J connectivity index is 2.16. The van der Waals surface area contributed by atoms with Crippen molar-refractivity contribution in [1.29, 1.82) is 0 Å². The van der Waals surface area contributed by atoms with Crippen LogP contribution in [0.3, 0.4) is 0 Å². The molecule has 1 saturated heterocycles. The smallest absolute Gasteiger partial charge is 0.143 e. The number of hydrogen-bond donors (Lipinski definition) is 1. The average molecular weight is 248 g/mol. The number of Topliss-reactive ketones (excluding diaryl/α,β-unsaturated/α-hetero) is 1. The van der Waals surface area contributed by atoms with Gasteiger partial charge in [0.2, 0.25) is 0 Å². The number of aromatic nitrogens is 1. The molecular weight excluding hydrogens is 228 g/mol. The molecule has 2 heterocycles. The zero-order chi connectivity index (χ0) is 13.1. The first kappa shape index (κ1) is 13.0. The van der Waals surface area contributed by atoms with Crippen molar-refractivity contribution in [2.75, 3.05) is 20.2 Å². The molecule has 0 saturated carbocycles. The van der Waals surface area contributed by atoms with Crippen LogP contribution in [0.4, 0.5) is 0 Å². The predicted molar refractivity (Wildman–Crippen MR) is 70.0 cm³/mol. The largest absolute Gasteiger partial charge is 0.496 e. The van der Waals surface area contributed by atoms with Crippen LogP contribution in [0, 0.1) is 19.8 Å². The van der Waals surface area contributed by atoms with Crippen LogP contribution in [0.5, 0.6) is 5.75 Å². The van der Waals surface area contributed by atoms with E-state index in [4.69, 9.17) is 4.74 Å². The molecule has 0 aromatic carbocycles. The first-order chi connectivity index (χ1) is 8.63. The highest BCUT2D eigenvalue weighted by Crippen LogP contribution is 2.25. The number of rotatable bonds is 4. The summed E-state index contributed by atoms with van der Waals surface area (Å²) in [6.45, 7) is 5.68. The van der Waals surface area contributed by atoms with Gasteiger partial charge in [-0.15, -0.1) is 0 Å². The van der Waals surface area contributed by atoms with Gasteiger partial charge in [-0.25, -0.2) is 0 Å². The van der Waals surface area contributed by atoms with Crippen LogP contribution >= 0.6 is 0 Å². The van der Waals surface area contributed by atoms with Crippen molar-refractivity contribution in [3.8, 4) is 5.75 Å². The summed E-state index contributed by atoms with van der Waals surface area (Å²) < 4.78 is 5.36. The first-order valence-corrected chi connectivity index (χ1v) is 6.36. The summed E-state index contributed by atoms with van der Waals surface area (Å²) in [5, 5.41) is 3.22. The van der Waals surface area contributed by atoms with Crippen molar-refractivity contribution in [2.24, 2.45) is 5.92 Å². The van der Waals surface area contributed by atoms with Crippen LogP contribution in [0.15, 0.2) is 6.20 Å². The molecule has 2 rings (SSSR count). The van der Waals surface area contributed by atoms with Gasteiger partial charge in [-0.2, -0.15) is 0 Å². The lowest BCUT2D eigenvalue weighted by molar-refractivity contribution is -0.121. The summed E-state index contributed by atoms with van der Waals surface area (Å²) in [6.07, 6.45) is 3.14. The number of pyridine rings is 1. The van der Waals surface area contributed by atoms with Crippen molar-refractivity contribution < 1.29 is 9.53 Å². The normalized spacial score (nSPS) is 18.9. The molecule has 1 atom stereocenters. The van der Waals surface area contributed by atoms with E-state index in [1.807, 2.05) is 13.8 Å². The minimum Gasteiger partial charge on any atom is -0.496 e. The molecule has 98 valence electrons. The Morgan fingerprint density at radius 3 is 2.94 bits per heavy atom. The van der Waals surface area contributed by atoms with Crippen LogP contribution in [-0.2, 0) is 11.2 Å². The fourth-order valence-electron chi connectivity index (χ4n) is 2.49. The number of ketones is 1. The first-order valence-electron chi connectivity index (χ1n) is 6.36. The van der Waals surface area contributed by atoms with Crippen LogP contribution in [0.2, 0.25) is 0 Å². The van der Waals surface area contributed by atoms with Gasteiger partial charge in [-0.05, 0) is 26.8 Å². The van der Waals surface area contributed by atoms with Gasteiger partial charge < -0.3 is 10.1 Å². The molecule has 1 fully saturated rings. The monoisotopic (exact) mass is 248 g/mol. The molecule has 1 aliphatic heterocycles. The summed E-state index contributed by atoms with van der Waals surface area (Å²) in [6, 6.07) is 0. The van der Waals surface area contributed by atoms with Gasteiger partial charge in [0, 0.05) is 36.2 Å². The van der Waals surface area contributed by atoms with Crippen LogP contribution in [0.25, 0.3) is 0 Å². The standard InChI is InChI=1S/C14H20N2O2/c1-9-7-16-12(10(2)14(9)18-3)6-13(17)11-4-5-15-8-11/h7,11,15H,4-6,8H2,1-3H3. The van der Waals surface area contributed by atoms with Crippen molar-refractivity contribution >= 4 is 5.78 Å². The number of nitrogens with zero attached hydrogens (tertiary/aromatic N) is 1. The molecule has 4 heteroatoms. The van der Waals surface area contributed by atoms with Crippen molar-refractivity contribution in [2.45, 2.75) is 26.7 Å². The molecule has 1 aromatic rings. The molecule has 1 N–H and O–H groups in total. The summed E-state index contributed by atoms with van der Waals surface area (Å²) in [7, 11) is 1.65. The Morgan fingerprint density at radius 2 is 2.33 bits per heavy atom. The molecule has 0 spiro atoms. The topological polar surface area (TPSA) is 51.2 Å². The third kappa shape index (κ3) is 2.53. The summed E-state index contributed by atoms with van der Waals surface area (Å²) in [5.74, 6) is 1.28. The quantitative estimate of drug-likeness (QED) is 0.875. The number of hydrogen-bond acceptors (Lipinski definition) is 4. The van der Waals surface area contributed by atoms with E-state index in [1.165, 1.54) is 0 Å². The number of nitrogens with one attached hydrogen (secondary N) is 1. The van der Waals surface area contributed by atoms with Gasteiger partial charge in [-0.1, -0.05) is 0 Å². The van der Waals surface area contributed by atoms with E-state index in [9.17, 15) is 4.79 Å². The minimum absolute atomic E-state index is 0.151. The van der Waals surface area contributed by atoms with Crippen LogP contribution < -0.4 is 10.1 Å². The lowest BCUT2D eigenvalue weighted by Crippen LogP contribution is -2.20. The van der Waals surface area contributed by atoms with Gasteiger partial charge >= 0.3 is 0 Å². The van der Waals surface area contributed by atoms with Gasteiger partial charge in [0.15, 0.2) is 0 Å². The van der Waals surface area contributed by atoms with E-state index in [0.29, 0.717) is 6.42 Å². The van der Waals surface area contributed by atoms with E-state index < -0.39 is 0 Å². The van der Waals surface area contributed by atoms with Crippen LogP contribution in [0.1, 0.15) is 23.2 Å². The average Bonchev–Trinajstić information content (AvgIpc) is 2.87. The Hall–Kier alpha value is -1.42. The highest BCUT2D eigenvalue weighted by molar-refractivity contribution is 5.83. The minimum atomic E-state index is 0.151. The molecule has 1 unspecified atom stereocenters. The maximum Gasteiger partial charge on any atom is 0.143 e. The van der Waals surface area contributed by atoms with E-state index in [1.54, 1.807) is 13.3 Å². The van der Waals surface area contributed by atoms with Gasteiger partial charge in [-0.3, -0.25) is 9.78 Å². The zero-order valence-electron chi connectivity index (χ0n) is 11.2. The van der Waals surface area contributed by atoms with Gasteiger partial charge in [0.1, 0.15) is 11.5 Å². The molecular formula is C14H20N2O2. The van der Waals surface area contributed by atoms with Crippen molar-refractivity contribution in [1.82, 2.24) is 10.3 Å². The fraction of sp³-hybridized carbons (Fsp3) is 0.571. The van der Waals surface area contributed by atoms with Crippen molar-refractivity contribution in [3.05, 3.63) is 23.0 Å². The second-order valence-corrected chi connectivity index (χ2v) is 4.88. The second-order valence-electron chi connectivity index (χ2n) is 4.88. The lowest BCUT2D eigenvalue weighted by Gasteiger charge is -2.13. The number of carbonyl (C=O) groups is 1. The molecule has 0 amide bonds. The third-order valence-electron chi connectivity index (χ3n) is 3.61. The van der Waals surface area contributed by atoms with E-state index in [0.717, 1.165) is 42.1 Å². The van der Waals surface area contributed by atoms with E-state index in [-0.39, 0.29) is 11.7 Å². The molecule has 18 heavy (non-hydrogen) atoms. The van der Waals surface area contributed by atoms with E-state index in [2.05, 4.69) is 10.3 Å². The number of methoxy groups -OCH3 is 1. The zero-order valence-corrected chi connectivity index (χ0v) is 11.2. The highest BCUT2D eigenvalue weighted by Gasteiger charge is 2.23. The lowest BCUT2D eigenvalue weighted by atomic mass is 9.97. The van der Waals surface area contributed by atoms with Crippen molar-refractivity contribution in [3.63, 3.8) is 0 Å². The predicted octanol–water partition coefficient (Wildman–Crippen LogP) is 1.43. The van der Waals surface area contributed by atoms with Gasteiger partial charge in [0.05, 0.1) is 12.8 Å². The third-order valence-corrected chi connectivity index (χ3v) is 3.61. The fourth-order valence-corrected chi connectivity index (χ4v) is 2.49. The van der Waals surface area contributed by atoms with Gasteiger partial charge in [0.25, 0.3) is 0 Å². The second kappa shape index (κ2) is 5.48. The summed E-state index contributed by atoms with van der Waals surface area (Å²) in [4.78, 5) is 16.5. The molecule has 1 aliphatic rings. The maximum atomic E-state index is 12.1. The molecule has 4 nitrogen and oxygen atoms in total. The highest BCUT2D eigenvalue weighted by atomic mass is 16.5. The number of ether oxygens (including phenoxy) is 1.